The van der Waals surface area contributed by atoms with Crippen molar-refractivity contribution in [3.63, 3.8) is 0 Å². The minimum absolute atomic E-state index is 0.348. The highest BCUT2D eigenvalue weighted by Crippen LogP contribution is 2.40. The van der Waals surface area contributed by atoms with E-state index in [1.165, 1.54) is 0 Å². The van der Waals surface area contributed by atoms with Crippen molar-refractivity contribution in [2.75, 3.05) is 0 Å². The minimum atomic E-state index is -0.348. The van der Waals surface area contributed by atoms with Gasteiger partial charge in [-0.2, -0.15) is 10.9 Å². The molecule has 1 aliphatic rings. The van der Waals surface area contributed by atoms with Crippen LogP contribution in [0.25, 0.3) is 11.0 Å². The van der Waals surface area contributed by atoms with E-state index in [1.807, 2.05) is 30.5 Å². The highest BCUT2D eigenvalue weighted by Gasteiger charge is 2.05. The molecule has 0 radical (unpaired) electrons. The highest BCUT2D eigenvalue weighted by molar-refractivity contribution is 8.22. The van der Waals surface area contributed by atoms with Crippen LogP contribution in [0.3, 0.4) is 0 Å². The second-order valence-electron chi connectivity index (χ2n) is 3.31. The maximum atomic E-state index is 4.62. The van der Waals surface area contributed by atoms with Gasteiger partial charge in [-0.1, -0.05) is 24.3 Å². The highest BCUT2D eigenvalue weighted by atomic mass is 32.2. The molecule has 0 atom stereocenters. The summed E-state index contributed by atoms with van der Waals surface area (Å²) in [6.45, 7) is 0. The standard InChI is InChI=1S/C12H10N2S/c1-2-6-11-10(5-1)13-9-12(14-11)15-7-3-4-8-15/h1-9,15H. The van der Waals surface area contributed by atoms with Gasteiger partial charge in [-0.25, -0.2) is 4.98 Å². The molecule has 0 unspecified atom stereocenters. The molecule has 0 saturated carbocycles. The zero-order chi connectivity index (χ0) is 10.1. The van der Waals surface area contributed by atoms with Crippen LogP contribution in [0.5, 0.6) is 0 Å². The van der Waals surface area contributed by atoms with Crippen LogP contribution in [0.2, 0.25) is 0 Å². The second kappa shape index (κ2) is 3.51. The number of thiol groups is 1. The number of para-hydroxylation sites is 2. The van der Waals surface area contributed by atoms with Crippen molar-refractivity contribution in [1.82, 2.24) is 9.97 Å². The van der Waals surface area contributed by atoms with E-state index >= 15 is 0 Å². The number of nitrogens with zero attached hydrogens (tertiary/aromatic N) is 2. The number of fused-ring (bicyclic) bond motifs is 1. The average molecular weight is 214 g/mol. The van der Waals surface area contributed by atoms with Gasteiger partial charge in [-0.3, -0.25) is 4.98 Å². The Morgan fingerprint density at radius 2 is 1.67 bits per heavy atom. The lowest BCUT2D eigenvalue weighted by molar-refractivity contribution is 1.12. The molecule has 3 rings (SSSR count). The number of allylic oxidation sites excluding steroid dienone is 2. The minimum Gasteiger partial charge on any atom is -0.252 e. The molecule has 2 aromatic rings. The van der Waals surface area contributed by atoms with E-state index in [2.05, 4.69) is 32.9 Å². The van der Waals surface area contributed by atoms with Gasteiger partial charge in [0.25, 0.3) is 0 Å². The maximum Gasteiger partial charge on any atom is 0.103 e. The fourth-order valence-electron chi connectivity index (χ4n) is 1.56. The summed E-state index contributed by atoms with van der Waals surface area (Å²) < 4.78 is 0. The lowest BCUT2D eigenvalue weighted by atomic mass is 10.3. The van der Waals surface area contributed by atoms with Crippen molar-refractivity contribution in [2.45, 2.75) is 5.03 Å². The van der Waals surface area contributed by atoms with E-state index in [9.17, 15) is 0 Å². The molecule has 0 spiro atoms. The first-order chi connectivity index (χ1) is 7.43. The molecule has 1 aromatic carbocycles. The zero-order valence-electron chi connectivity index (χ0n) is 8.04. The van der Waals surface area contributed by atoms with E-state index < -0.39 is 0 Å². The number of rotatable bonds is 1. The molecule has 3 heteroatoms. The Morgan fingerprint density at radius 3 is 2.47 bits per heavy atom. The lowest BCUT2D eigenvalue weighted by Crippen LogP contribution is -1.87. The predicted molar refractivity (Wildman–Crippen MR) is 65.1 cm³/mol. The SMILES string of the molecule is C1=C[SH](c2cnc3ccccc3n2)C=C1. The third kappa shape index (κ3) is 1.55. The molecule has 0 aliphatic carbocycles. The molecule has 2 heterocycles. The number of aromatic nitrogens is 2. The van der Waals surface area contributed by atoms with E-state index in [1.54, 1.807) is 0 Å². The second-order valence-corrected chi connectivity index (χ2v) is 5.18. The van der Waals surface area contributed by atoms with Crippen molar-refractivity contribution < 1.29 is 0 Å². The smallest absolute Gasteiger partial charge is 0.103 e. The summed E-state index contributed by atoms with van der Waals surface area (Å²) in [7, 11) is -0.348. The molecule has 1 aromatic heterocycles. The third-order valence-electron chi connectivity index (χ3n) is 2.30. The number of hydrogen-bond donors (Lipinski definition) is 1. The van der Waals surface area contributed by atoms with Gasteiger partial charge < -0.3 is 0 Å². The molecule has 0 saturated heterocycles. The van der Waals surface area contributed by atoms with Gasteiger partial charge in [0.1, 0.15) is 5.03 Å². The summed E-state index contributed by atoms with van der Waals surface area (Å²) in [5.74, 6) is 0. The van der Waals surface area contributed by atoms with Crippen molar-refractivity contribution in [1.29, 1.82) is 0 Å². The molecule has 0 amide bonds. The summed E-state index contributed by atoms with van der Waals surface area (Å²) in [6, 6.07) is 7.97. The summed E-state index contributed by atoms with van der Waals surface area (Å²) in [5.41, 5.74) is 1.94. The number of benzene rings is 1. The molecule has 0 fully saturated rings. The molecular formula is C12H10N2S. The average Bonchev–Trinajstić information content (AvgIpc) is 2.82. The van der Waals surface area contributed by atoms with Gasteiger partial charge in [0.15, 0.2) is 0 Å². The van der Waals surface area contributed by atoms with Crippen molar-refractivity contribution in [2.24, 2.45) is 0 Å². The van der Waals surface area contributed by atoms with Crippen molar-refractivity contribution >= 4 is 21.9 Å². The normalized spacial score (nSPS) is 16.4. The molecule has 0 N–H and O–H groups in total. The van der Waals surface area contributed by atoms with Gasteiger partial charge in [0.05, 0.1) is 17.2 Å². The molecule has 2 nitrogen and oxygen atoms in total. The Balaban J connectivity index is 2.13. The monoisotopic (exact) mass is 214 g/mol. The van der Waals surface area contributed by atoms with Crippen LogP contribution in [-0.2, 0) is 0 Å². The molecule has 74 valence electrons. The van der Waals surface area contributed by atoms with Gasteiger partial charge >= 0.3 is 0 Å². The van der Waals surface area contributed by atoms with E-state index in [4.69, 9.17) is 0 Å². The largest absolute Gasteiger partial charge is 0.252 e. The van der Waals surface area contributed by atoms with Crippen LogP contribution in [0.15, 0.2) is 58.5 Å². The van der Waals surface area contributed by atoms with Crippen molar-refractivity contribution in [3.05, 3.63) is 53.4 Å². The van der Waals surface area contributed by atoms with Crippen molar-refractivity contribution in [3.8, 4) is 0 Å². The van der Waals surface area contributed by atoms with Crippen LogP contribution >= 0.6 is 10.9 Å². The van der Waals surface area contributed by atoms with Gasteiger partial charge in [0.2, 0.25) is 0 Å². The Kier molecular flexibility index (Phi) is 2.03. The quantitative estimate of drug-likeness (QED) is 0.738. The first-order valence-electron chi connectivity index (χ1n) is 4.79. The van der Waals surface area contributed by atoms with Crippen LogP contribution in [0.4, 0.5) is 0 Å². The summed E-state index contributed by atoms with van der Waals surface area (Å²) in [4.78, 5) is 9.03. The maximum absolute atomic E-state index is 4.62. The topological polar surface area (TPSA) is 25.8 Å². The first-order valence-corrected chi connectivity index (χ1v) is 6.27. The third-order valence-corrected chi connectivity index (χ3v) is 4.04. The molecule has 1 aliphatic heterocycles. The molecule has 15 heavy (non-hydrogen) atoms. The predicted octanol–water partition coefficient (Wildman–Crippen LogP) is 3.03. The molecule has 0 bridgehead atoms. The van der Waals surface area contributed by atoms with Crippen LogP contribution in [-0.4, -0.2) is 9.97 Å². The van der Waals surface area contributed by atoms with E-state index in [-0.39, 0.29) is 10.9 Å². The van der Waals surface area contributed by atoms with Gasteiger partial charge in [0, 0.05) is 0 Å². The Bertz CT molecular complexity index is 548. The summed E-state index contributed by atoms with van der Waals surface area (Å²) >= 11 is 0. The fourth-order valence-corrected chi connectivity index (χ4v) is 2.95. The van der Waals surface area contributed by atoms with E-state index in [0.717, 1.165) is 16.1 Å². The fraction of sp³-hybridized carbons (Fsp3) is 0. The van der Waals surface area contributed by atoms with Gasteiger partial charge in [-0.15, -0.1) is 0 Å². The number of hydrogen-bond acceptors (Lipinski definition) is 2. The van der Waals surface area contributed by atoms with Crippen LogP contribution in [0.1, 0.15) is 0 Å². The van der Waals surface area contributed by atoms with Gasteiger partial charge in [-0.05, 0) is 22.9 Å². The van der Waals surface area contributed by atoms with Crippen LogP contribution in [0, 0.1) is 0 Å². The Morgan fingerprint density at radius 1 is 0.933 bits per heavy atom. The van der Waals surface area contributed by atoms with E-state index in [0.29, 0.717) is 0 Å². The summed E-state index contributed by atoms with van der Waals surface area (Å²) in [6.07, 6.45) is 6.03. The first kappa shape index (κ1) is 8.68. The van der Waals surface area contributed by atoms with Crippen LogP contribution < -0.4 is 0 Å². The Hall–Kier alpha value is -1.61. The zero-order valence-corrected chi connectivity index (χ0v) is 8.93. The summed E-state index contributed by atoms with van der Waals surface area (Å²) in [5, 5.41) is 5.45. The molecular weight excluding hydrogens is 204 g/mol. The lowest BCUT2D eigenvalue weighted by Gasteiger charge is -2.08. The Labute approximate surface area is 90.7 Å².